The van der Waals surface area contributed by atoms with Gasteiger partial charge in [-0.25, -0.2) is 16.8 Å². The molecule has 0 unspecified atom stereocenters. The van der Waals surface area contributed by atoms with Crippen LogP contribution in [0.2, 0.25) is 0 Å². The first-order chi connectivity index (χ1) is 14.4. The van der Waals surface area contributed by atoms with Gasteiger partial charge in [0, 0.05) is 19.2 Å². The number of carbonyl (C=O) groups excluding carboxylic acids is 1. The number of sulfone groups is 1. The van der Waals surface area contributed by atoms with Crippen LogP contribution in [0, 0.1) is 6.92 Å². The molecule has 0 heterocycles. The molecule has 1 atom stereocenters. The van der Waals surface area contributed by atoms with Crippen molar-refractivity contribution in [2.45, 2.75) is 44.0 Å². The van der Waals surface area contributed by atoms with Crippen molar-refractivity contribution in [1.29, 1.82) is 0 Å². The van der Waals surface area contributed by atoms with Gasteiger partial charge in [-0.05, 0) is 49.1 Å². The second-order valence-corrected chi connectivity index (χ2v) is 11.5. The number of nitrogens with one attached hydrogen (secondary N) is 1. The minimum absolute atomic E-state index is 0.176. The number of rotatable bonds is 10. The van der Waals surface area contributed by atoms with Gasteiger partial charge in [0.1, 0.15) is 0 Å². The van der Waals surface area contributed by atoms with E-state index in [9.17, 15) is 21.6 Å². The third-order valence-corrected chi connectivity index (χ3v) is 7.31. The Morgan fingerprint density at radius 2 is 1.61 bits per heavy atom. The Labute approximate surface area is 185 Å². The molecule has 1 amide bonds. The van der Waals surface area contributed by atoms with E-state index < -0.39 is 19.9 Å². The summed E-state index contributed by atoms with van der Waals surface area (Å²) in [6.45, 7) is 3.98. The summed E-state index contributed by atoms with van der Waals surface area (Å²) >= 11 is 0. The second kappa shape index (κ2) is 10.3. The number of benzene rings is 2. The van der Waals surface area contributed by atoms with Crippen LogP contribution in [0.3, 0.4) is 0 Å². The maximum Gasteiger partial charge on any atom is 0.232 e. The van der Waals surface area contributed by atoms with Gasteiger partial charge in [-0.15, -0.1) is 0 Å². The number of anilines is 1. The van der Waals surface area contributed by atoms with Crippen molar-refractivity contribution in [3.63, 3.8) is 0 Å². The molecule has 0 saturated carbocycles. The number of nitrogens with zero attached hydrogens (tertiary/aromatic N) is 1. The molecular formula is C22H30N2O5S2. The lowest BCUT2D eigenvalue weighted by atomic mass is 10.0. The first-order valence-electron chi connectivity index (χ1n) is 10.1. The number of para-hydroxylation sites is 1. The first kappa shape index (κ1) is 24.9. The van der Waals surface area contributed by atoms with Crippen LogP contribution in [-0.4, -0.2) is 41.8 Å². The van der Waals surface area contributed by atoms with E-state index in [-0.39, 0.29) is 29.8 Å². The van der Waals surface area contributed by atoms with Crippen LogP contribution in [0.15, 0.2) is 53.4 Å². The molecule has 2 aromatic carbocycles. The van der Waals surface area contributed by atoms with Crippen molar-refractivity contribution in [2.75, 3.05) is 23.4 Å². The molecule has 0 aliphatic heterocycles. The van der Waals surface area contributed by atoms with Gasteiger partial charge in [0.25, 0.3) is 0 Å². The third kappa shape index (κ3) is 7.07. The summed E-state index contributed by atoms with van der Waals surface area (Å²) in [5.41, 5.74) is 2.28. The Hall–Kier alpha value is -2.39. The van der Waals surface area contributed by atoms with Crippen molar-refractivity contribution in [3.8, 4) is 0 Å². The topological polar surface area (TPSA) is 101 Å². The number of aryl methyl sites for hydroxylation is 1. The lowest BCUT2D eigenvalue weighted by molar-refractivity contribution is -0.121. The average molecular weight is 467 g/mol. The fourth-order valence-electron chi connectivity index (χ4n) is 3.33. The average Bonchev–Trinajstić information content (AvgIpc) is 2.69. The quantitative estimate of drug-likeness (QED) is 0.579. The Morgan fingerprint density at radius 3 is 2.13 bits per heavy atom. The Bertz CT molecular complexity index is 1110. The van der Waals surface area contributed by atoms with Gasteiger partial charge in [-0.1, -0.05) is 37.3 Å². The molecule has 0 fully saturated rings. The monoisotopic (exact) mass is 466 g/mol. The molecule has 0 aromatic heterocycles. The number of hydrogen-bond donors (Lipinski definition) is 1. The summed E-state index contributed by atoms with van der Waals surface area (Å²) in [6, 6.07) is 13.5. The number of sulfonamides is 1. The largest absolute Gasteiger partial charge is 0.349 e. The fraction of sp³-hybridized carbons (Fsp3) is 0.409. The summed E-state index contributed by atoms with van der Waals surface area (Å²) in [5.74, 6) is -0.183. The second-order valence-electron chi connectivity index (χ2n) is 7.59. The molecule has 9 heteroatoms. The molecule has 0 radical (unpaired) electrons. The lowest BCUT2D eigenvalue weighted by Gasteiger charge is -2.24. The molecule has 0 aliphatic carbocycles. The van der Waals surface area contributed by atoms with E-state index in [2.05, 4.69) is 5.32 Å². The van der Waals surface area contributed by atoms with Crippen LogP contribution < -0.4 is 9.62 Å². The molecule has 2 rings (SSSR count). The predicted molar refractivity (Wildman–Crippen MR) is 123 cm³/mol. The van der Waals surface area contributed by atoms with Crippen LogP contribution in [0.4, 0.5) is 5.69 Å². The molecule has 7 nitrogen and oxygen atoms in total. The van der Waals surface area contributed by atoms with Gasteiger partial charge in [-0.3, -0.25) is 9.10 Å². The Morgan fingerprint density at radius 1 is 1.00 bits per heavy atom. The fourth-order valence-corrected chi connectivity index (χ4v) is 4.98. The van der Waals surface area contributed by atoms with Crippen LogP contribution in [0.25, 0.3) is 0 Å². The number of hydrogen-bond acceptors (Lipinski definition) is 5. The lowest BCUT2D eigenvalue weighted by Crippen LogP contribution is -2.33. The van der Waals surface area contributed by atoms with E-state index >= 15 is 0 Å². The van der Waals surface area contributed by atoms with Crippen molar-refractivity contribution in [3.05, 3.63) is 59.7 Å². The normalized spacial score (nSPS) is 12.9. The van der Waals surface area contributed by atoms with Gasteiger partial charge in [0.2, 0.25) is 15.9 Å². The van der Waals surface area contributed by atoms with E-state index in [0.29, 0.717) is 18.5 Å². The highest BCUT2D eigenvalue weighted by molar-refractivity contribution is 7.92. The highest BCUT2D eigenvalue weighted by Gasteiger charge is 2.20. The number of amides is 1. The standard InChI is InChI=1S/C22H30N2O5S2/c1-5-20(18-12-14-19(15-13-18)30(3,26)27)23-22(25)11-8-16-24(31(4,28)29)21-10-7-6-9-17(21)2/h6-7,9-10,12-15,20H,5,8,11,16H2,1-4H3,(H,23,25)/t20-/m1/s1. The Balaban J connectivity index is 2.00. The van der Waals surface area contributed by atoms with Crippen molar-refractivity contribution < 1.29 is 21.6 Å². The smallest absolute Gasteiger partial charge is 0.232 e. The third-order valence-electron chi connectivity index (χ3n) is 5.00. The van der Waals surface area contributed by atoms with E-state index in [1.54, 1.807) is 24.3 Å². The maximum absolute atomic E-state index is 12.5. The number of carbonyl (C=O) groups is 1. The van der Waals surface area contributed by atoms with Crippen molar-refractivity contribution in [2.24, 2.45) is 0 Å². The van der Waals surface area contributed by atoms with Crippen molar-refractivity contribution in [1.82, 2.24) is 5.32 Å². The van der Waals surface area contributed by atoms with Crippen LogP contribution >= 0.6 is 0 Å². The van der Waals surface area contributed by atoms with Crippen LogP contribution in [0.1, 0.15) is 43.4 Å². The van der Waals surface area contributed by atoms with E-state index in [1.165, 1.54) is 16.4 Å². The summed E-state index contributed by atoms with van der Waals surface area (Å²) in [7, 11) is -6.75. The van der Waals surface area contributed by atoms with E-state index in [0.717, 1.165) is 23.6 Å². The molecule has 0 bridgehead atoms. The molecular weight excluding hydrogens is 436 g/mol. The highest BCUT2D eigenvalue weighted by atomic mass is 32.2. The Kier molecular flexibility index (Phi) is 8.25. The molecule has 0 aliphatic rings. The molecule has 31 heavy (non-hydrogen) atoms. The highest BCUT2D eigenvalue weighted by Crippen LogP contribution is 2.23. The SMILES string of the molecule is CC[C@@H](NC(=O)CCCN(c1ccccc1C)S(C)(=O)=O)c1ccc(S(C)(=O)=O)cc1. The van der Waals surface area contributed by atoms with Crippen molar-refractivity contribution >= 4 is 31.5 Å². The van der Waals surface area contributed by atoms with Gasteiger partial charge in [0.05, 0.1) is 22.9 Å². The zero-order valence-electron chi connectivity index (χ0n) is 18.3. The summed E-state index contributed by atoms with van der Waals surface area (Å²) in [5, 5.41) is 2.95. The van der Waals surface area contributed by atoms with Gasteiger partial charge in [-0.2, -0.15) is 0 Å². The molecule has 1 N–H and O–H groups in total. The first-order valence-corrected chi connectivity index (χ1v) is 13.8. The molecule has 170 valence electrons. The molecule has 2 aromatic rings. The minimum Gasteiger partial charge on any atom is -0.349 e. The van der Waals surface area contributed by atoms with E-state index in [4.69, 9.17) is 0 Å². The predicted octanol–water partition coefficient (Wildman–Crippen LogP) is 3.21. The van der Waals surface area contributed by atoms with Crippen LogP contribution in [-0.2, 0) is 24.7 Å². The zero-order chi connectivity index (χ0) is 23.2. The van der Waals surface area contributed by atoms with Gasteiger partial charge >= 0.3 is 0 Å². The molecule has 0 spiro atoms. The van der Waals surface area contributed by atoms with Crippen LogP contribution in [0.5, 0.6) is 0 Å². The maximum atomic E-state index is 12.5. The minimum atomic E-state index is -3.47. The van der Waals surface area contributed by atoms with Gasteiger partial charge in [0.15, 0.2) is 9.84 Å². The van der Waals surface area contributed by atoms with Gasteiger partial charge < -0.3 is 5.32 Å². The molecule has 0 saturated heterocycles. The summed E-state index contributed by atoms with van der Waals surface area (Å²) < 4.78 is 49.1. The van der Waals surface area contributed by atoms with E-state index in [1.807, 2.05) is 26.0 Å². The summed E-state index contributed by atoms with van der Waals surface area (Å²) in [4.78, 5) is 12.7. The zero-order valence-corrected chi connectivity index (χ0v) is 20.0. The summed E-state index contributed by atoms with van der Waals surface area (Å²) in [6.07, 6.45) is 3.50.